The number of aromatic nitrogens is 1. The molecule has 20 heavy (non-hydrogen) atoms. The van der Waals surface area contributed by atoms with E-state index in [-0.39, 0.29) is 28.9 Å². The summed E-state index contributed by atoms with van der Waals surface area (Å²) in [7, 11) is -2.65. The molecule has 1 aromatic heterocycles. The molecule has 0 spiro atoms. The quantitative estimate of drug-likeness (QED) is 0.803. The molecule has 2 heterocycles. The summed E-state index contributed by atoms with van der Waals surface area (Å²) in [5, 5.41) is 10.1. The molecule has 0 saturated carbocycles. The zero-order valence-corrected chi connectivity index (χ0v) is 13.0. The molecule has 1 aromatic rings. The molecule has 1 aliphatic heterocycles. The molecule has 9 heteroatoms. The number of carbonyl (C=O) groups excluding carboxylic acids is 1. The Morgan fingerprint density at radius 3 is 2.65 bits per heavy atom. The van der Waals surface area contributed by atoms with Crippen molar-refractivity contribution in [3.63, 3.8) is 0 Å². The predicted molar refractivity (Wildman–Crippen MR) is 72.0 cm³/mol. The Hall–Kier alpha value is -1.03. The van der Waals surface area contributed by atoms with Crippen LogP contribution in [0.5, 0.6) is 0 Å². The van der Waals surface area contributed by atoms with E-state index < -0.39 is 21.6 Å². The highest BCUT2D eigenvalue weighted by Gasteiger charge is 2.50. The van der Waals surface area contributed by atoms with Gasteiger partial charge < -0.3 is 9.84 Å². The van der Waals surface area contributed by atoms with Gasteiger partial charge in [-0.25, -0.2) is 18.2 Å². The van der Waals surface area contributed by atoms with Gasteiger partial charge in [-0.3, -0.25) is 0 Å². The van der Waals surface area contributed by atoms with E-state index in [4.69, 9.17) is 0 Å². The number of aliphatic hydroxyl groups is 1. The summed E-state index contributed by atoms with van der Waals surface area (Å²) < 4.78 is 30.3. The van der Waals surface area contributed by atoms with Gasteiger partial charge in [-0.05, 0) is 5.92 Å². The zero-order valence-electron chi connectivity index (χ0n) is 11.4. The number of esters is 1. The third-order valence-corrected chi connectivity index (χ3v) is 6.60. The van der Waals surface area contributed by atoms with Gasteiger partial charge in [0.05, 0.1) is 18.2 Å². The van der Waals surface area contributed by atoms with Crippen molar-refractivity contribution >= 4 is 27.3 Å². The van der Waals surface area contributed by atoms with Crippen LogP contribution < -0.4 is 0 Å². The van der Waals surface area contributed by atoms with Crippen molar-refractivity contribution in [2.45, 2.75) is 23.7 Å². The number of thiazole rings is 1. The van der Waals surface area contributed by atoms with Gasteiger partial charge in [-0.1, -0.05) is 13.8 Å². The van der Waals surface area contributed by atoms with E-state index in [1.807, 2.05) is 13.8 Å². The number of sulfonamides is 1. The number of methoxy groups -OCH3 is 1. The van der Waals surface area contributed by atoms with Crippen LogP contribution in [0.2, 0.25) is 0 Å². The fourth-order valence-corrected chi connectivity index (χ4v) is 4.70. The Kier molecular flexibility index (Phi) is 3.89. The van der Waals surface area contributed by atoms with Crippen LogP contribution in [-0.4, -0.2) is 54.6 Å². The molecule has 0 aromatic carbocycles. The van der Waals surface area contributed by atoms with E-state index >= 15 is 0 Å². The summed E-state index contributed by atoms with van der Waals surface area (Å²) >= 11 is 0.863. The summed E-state index contributed by atoms with van der Waals surface area (Å²) in [6.45, 7) is 3.70. The maximum Gasteiger partial charge on any atom is 0.358 e. The van der Waals surface area contributed by atoms with Gasteiger partial charge >= 0.3 is 5.97 Å². The van der Waals surface area contributed by atoms with Gasteiger partial charge in [0.2, 0.25) is 0 Å². The molecular formula is C11H16N2O5S2. The van der Waals surface area contributed by atoms with Crippen LogP contribution in [0.25, 0.3) is 0 Å². The smallest absolute Gasteiger partial charge is 0.358 e. The second-order valence-corrected chi connectivity index (χ2v) is 8.00. The normalized spacial score (nSPS) is 18.9. The van der Waals surface area contributed by atoms with Crippen molar-refractivity contribution < 1.29 is 23.1 Å². The van der Waals surface area contributed by atoms with E-state index in [0.29, 0.717) is 0 Å². The second-order valence-electron chi connectivity index (χ2n) is 5.01. The molecule has 112 valence electrons. The average molecular weight is 320 g/mol. The van der Waals surface area contributed by atoms with Crippen molar-refractivity contribution in [1.29, 1.82) is 0 Å². The Balaban J connectivity index is 2.26. The molecule has 2 rings (SSSR count). The maximum atomic E-state index is 12.4. The van der Waals surface area contributed by atoms with Crippen LogP contribution in [0.3, 0.4) is 0 Å². The van der Waals surface area contributed by atoms with E-state index in [2.05, 4.69) is 9.72 Å². The van der Waals surface area contributed by atoms with Gasteiger partial charge in [0.1, 0.15) is 0 Å². The molecular weight excluding hydrogens is 304 g/mol. The van der Waals surface area contributed by atoms with Gasteiger partial charge in [-0.2, -0.15) is 4.31 Å². The van der Waals surface area contributed by atoms with Crippen molar-refractivity contribution in [3.8, 4) is 0 Å². The van der Waals surface area contributed by atoms with Crippen LogP contribution in [0, 0.1) is 5.92 Å². The minimum absolute atomic E-state index is 0.0194. The van der Waals surface area contributed by atoms with E-state index in [0.717, 1.165) is 15.6 Å². The second kappa shape index (κ2) is 5.06. The van der Waals surface area contributed by atoms with Crippen LogP contribution in [0.15, 0.2) is 9.72 Å². The molecule has 0 bridgehead atoms. The number of ether oxygens (including phenoxy) is 1. The Morgan fingerprint density at radius 1 is 1.55 bits per heavy atom. The Morgan fingerprint density at radius 2 is 2.15 bits per heavy atom. The SMILES string of the molecule is COC(=O)c1ncsc1S(=O)(=O)N1CC(O)(C(C)C)C1. The summed E-state index contributed by atoms with van der Waals surface area (Å²) in [5.41, 5.74) is 0.0639. The van der Waals surface area contributed by atoms with E-state index in [1.54, 1.807) is 0 Å². The van der Waals surface area contributed by atoms with Crippen LogP contribution in [0.4, 0.5) is 0 Å². The minimum Gasteiger partial charge on any atom is -0.464 e. The van der Waals surface area contributed by atoms with Crippen molar-refractivity contribution in [1.82, 2.24) is 9.29 Å². The first-order valence-corrected chi connectivity index (χ1v) is 8.28. The molecule has 0 amide bonds. The van der Waals surface area contributed by atoms with Crippen molar-refractivity contribution in [2.24, 2.45) is 5.92 Å². The van der Waals surface area contributed by atoms with Gasteiger partial charge in [0, 0.05) is 13.1 Å². The first-order chi connectivity index (χ1) is 9.22. The van der Waals surface area contributed by atoms with Gasteiger partial charge in [0.15, 0.2) is 9.90 Å². The van der Waals surface area contributed by atoms with Crippen LogP contribution in [0.1, 0.15) is 24.3 Å². The molecule has 0 atom stereocenters. The highest BCUT2D eigenvalue weighted by Crippen LogP contribution is 2.35. The maximum absolute atomic E-state index is 12.4. The lowest BCUT2D eigenvalue weighted by molar-refractivity contribution is -0.0932. The molecule has 0 radical (unpaired) electrons. The summed E-state index contributed by atoms with van der Waals surface area (Å²) in [6.07, 6.45) is 0. The van der Waals surface area contributed by atoms with Crippen LogP contribution >= 0.6 is 11.3 Å². The van der Waals surface area contributed by atoms with Crippen molar-refractivity contribution in [2.75, 3.05) is 20.2 Å². The molecule has 1 aliphatic rings. The monoisotopic (exact) mass is 320 g/mol. The molecule has 0 aliphatic carbocycles. The number of β-amino-alcohol motifs (C(OH)–C–C–N with tert-alkyl or cyclic N) is 1. The van der Waals surface area contributed by atoms with Gasteiger partial charge in [0.25, 0.3) is 10.0 Å². The summed E-state index contributed by atoms with van der Waals surface area (Å²) in [6, 6.07) is 0. The summed E-state index contributed by atoms with van der Waals surface area (Å²) in [4.78, 5) is 15.2. The number of rotatable bonds is 4. The third-order valence-electron chi connectivity index (χ3n) is 3.46. The average Bonchev–Trinajstić information content (AvgIpc) is 2.83. The summed E-state index contributed by atoms with van der Waals surface area (Å²) in [5.74, 6) is -0.833. The standard InChI is InChI=1S/C11H16N2O5S2/c1-7(2)11(15)4-13(5-11)20(16,17)10-8(9(14)18-3)12-6-19-10/h6-7,15H,4-5H2,1-3H3. The lowest BCUT2D eigenvalue weighted by atomic mass is 9.85. The molecule has 1 saturated heterocycles. The lowest BCUT2D eigenvalue weighted by Gasteiger charge is -2.47. The first-order valence-electron chi connectivity index (χ1n) is 5.96. The van der Waals surface area contributed by atoms with E-state index in [1.165, 1.54) is 12.6 Å². The molecule has 1 fully saturated rings. The minimum atomic E-state index is -3.82. The predicted octanol–water partition coefficient (Wildman–Crippen LogP) is 0.321. The van der Waals surface area contributed by atoms with Crippen molar-refractivity contribution in [3.05, 3.63) is 11.2 Å². The van der Waals surface area contributed by atoms with Gasteiger partial charge in [-0.15, -0.1) is 11.3 Å². The fourth-order valence-electron chi connectivity index (χ4n) is 1.87. The number of nitrogens with zero attached hydrogens (tertiary/aromatic N) is 2. The third kappa shape index (κ3) is 2.34. The van der Waals surface area contributed by atoms with E-state index in [9.17, 15) is 18.3 Å². The number of hydrogen-bond donors (Lipinski definition) is 1. The number of hydrogen-bond acceptors (Lipinski definition) is 7. The highest BCUT2D eigenvalue weighted by atomic mass is 32.2. The lowest BCUT2D eigenvalue weighted by Crippen LogP contribution is -2.65. The fraction of sp³-hybridized carbons (Fsp3) is 0.636. The zero-order chi connectivity index (χ0) is 15.1. The highest BCUT2D eigenvalue weighted by molar-refractivity contribution is 7.91. The molecule has 7 nitrogen and oxygen atoms in total. The topological polar surface area (TPSA) is 96.8 Å². The largest absolute Gasteiger partial charge is 0.464 e. The molecule has 1 N–H and O–H groups in total. The Bertz CT molecular complexity index is 617. The first kappa shape index (κ1) is 15.4. The molecule has 0 unspecified atom stereocenters. The number of carbonyl (C=O) groups is 1. The Labute approximate surface area is 121 Å². The van der Waals surface area contributed by atoms with Crippen LogP contribution in [-0.2, 0) is 14.8 Å².